The SMILES string of the molecule is CC(=O)NCC1C[C@@H]2CCCC[C@H]12. The molecule has 0 saturated heterocycles. The third-order valence-corrected chi connectivity index (χ3v) is 3.79. The second-order valence-corrected chi connectivity index (χ2v) is 4.64. The number of fused-ring (bicyclic) bond motifs is 1. The standard InChI is InChI=1S/C11H19NO/c1-8(13)12-7-10-6-9-4-2-3-5-11(9)10/h9-11H,2-7H2,1H3,(H,12,13)/t9-,10?,11-/m0/s1. The molecule has 0 bridgehead atoms. The van der Waals surface area contributed by atoms with Crippen LogP contribution < -0.4 is 5.32 Å². The van der Waals surface area contributed by atoms with Gasteiger partial charge in [-0.1, -0.05) is 19.3 Å². The Morgan fingerprint density at radius 1 is 1.38 bits per heavy atom. The van der Waals surface area contributed by atoms with Gasteiger partial charge in [-0.15, -0.1) is 0 Å². The second kappa shape index (κ2) is 3.69. The van der Waals surface area contributed by atoms with Crippen molar-refractivity contribution in [2.24, 2.45) is 17.8 Å². The molecular weight excluding hydrogens is 162 g/mol. The first kappa shape index (κ1) is 9.04. The maximum Gasteiger partial charge on any atom is 0.216 e. The van der Waals surface area contributed by atoms with E-state index in [9.17, 15) is 4.79 Å². The van der Waals surface area contributed by atoms with Crippen molar-refractivity contribution in [3.05, 3.63) is 0 Å². The summed E-state index contributed by atoms with van der Waals surface area (Å²) < 4.78 is 0. The minimum atomic E-state index is 0.124. The van der Waals surface area contributed by atoms with Gasteiger partial charge in [-0.3, -0.25) is 4.79 Å². The molecule has 0 heterocycles. The third-order valence-electron chi connectivity index (χ3n) is 3.79. The lowest BCUT2D eigenvalue weighted by atomic mass is 9.58. The first-order chi connectivity index (χ1) is 6.27. The zero-order valence-corrected chi connectivity index (χ0v) is 8.38. The minimum absolute atomic E-state index is 0.124. The van der Waals surface area contributed by atoms with Crippen LogP contribution in [0.2, 0.25) is 0 Å². The molecule has 2 fully saturated rings. The highest BCUT2D eigenvalue weighted by atomic mass is 16.1. The average molecular weight is 181 g/mol. The van der Waals surface area contributed by atoms with Crippen LogP contribution in [0.25, 0.3) is 0 Å². The molecule has 2 saturated carbocycles. The number of amides is 1. The lowest BCUT2D eigenvalue weighted by Crippen LogP contribution is -2.44. The van der Waals surface area contributed by atoms with E-state index in [4.69, 9.17) is 0 Å². The summed E-state index contributed by atoms with van der Waals surface area (Å²) in [5.41, 5.74) is 0. The molecule has 0 aromatic heterocycles. The molecule has 1 amide bonds. The van der Waals surface area contributed by atoms with Gasteiger partial charge in [-0.25, -0.2) is 0 Å². The number of hydrogen-bond donors (Lipinski definition) is 1. The molecule has 0 aromatic carbocycles. The predicted molar refractivity (Wildman–Crippen MR) is 52.2 cm³/mol. The quantitative estimate of drug-likeness (QED) is 0.693. The highest BCUT2D eigenvalue weighted by Crippen LogP contribution is 2.48. The number of rotatable bonds is 2. The highest BCUT2D eigenvalue weighted by Gasteiger charge is 2.41. The van der Waals surface area contributed by atoms with E-state index in [0.717, 1.165) is 24.3 Å². The van der Waals surface area contributed by atoms with Gasteiger partial charge in [0.25, 0.3) is 0 Å². The van der Waals surface area contributed by atoms with Gasteiger partial charge in [0, 0.05) is 13.5 Å². The van der Waals surface area contributed by atoms with Crippen molar-refractivity contribution in [1.82, 2.24) is 5.32 Å². The fourth-order valence-electron chi connectivity index (χ4n) is 3.03. The fraction of sp³-hybridized carbons (Fsp3) is 0.909. The molecule has 2 rings (SSSR count). The fourth-order valence-corrected chi connectivity index (χ4v) is 3.03. The highest BCUT2D eigenvalue weighted by molar-refractivity contribution is 5.72. The number of carbonyl (C=O) groups excluding carboxylic acids is 1. The average Bonchev–Trinajstić information content (AvgIpc) is 2.06. The van der Waals surface area contributed by atoms with Crippen molar-refractivity contribution in [2.75, 3.05) is 6.54 Å². The van der Waals surface area contributed by atoms with Gasteiger partial charge in [-0.05, 0) is 30.6 Å². The maximum absolute atomic E-state index is 10.7. The first-order valence-electron chi connectivity index (χ1n) is 5.52. The van der Waals surface area contributed by atoms with Gasteiger partial charge < -0.3 is 5.32 Å². The molecule has 2 heteroatoms. The second-order valence-electron chi connectivity index (χ2n) is 4.64. The van der Waals surface area contributed by atoms with E-state index in [1.165, 1.54) is 32.1 Å². The van der Waals surface area contributed by atoms with Crippen molar-refractivity contribution >= 4 is 5.91 Å². The molecule has 1 unspecified atom stereocenters. The minimum Gasteiger partial charge on any atom is -0.356 e. The zero-order chi connectivity index (χ0) is 9.26. The van der Waals surface area contributed by atoms with Crippen molar-refractivity contribution < 1.29 is 4.79 Å². The summed E-state index contributed by atoms with van der Waals surface area (Å²) in [4.78, 5) is 10.7. The van der Waals surface area contributed by atoms with Crippen LogP contribution in [0, 0.1) is 17.8 Å². The van der Waals surface area contributed by atoms with Crippen LogP contribution >= 0.6 is 0 Å². The van der Waals surface area contributed by atoms with Crippen LogP contribution in [0.5, 0.6) is 0 Å². The molecule has 74 valence electrons. The molecule has 0 aliphatic heterocycles. The van der Waals surface area contributed by atoms with E-state index in [1.807, 2.05) is 0 Å². The summed E-state index contributed by atoms with van der Waals surface area (Å²) >= 11 is 0. The Hall–Kier alpha value is -0.530. The lowest BCUT2D eigenvalue weighted by molar-refractivity contribution is -0.119. The van der Waals surface area contributed by atoms with Crippen molar-refractivity contribution in [2.45, 2.75) is 39.0 Å². The third kappa shape index (κ3) is 1.87. The Morgan fingerprint density at radius 3 is 2.85 bits per heavy atom. The van der Waals surface area contributed by atoms with E-state index < -0.39 is 0 Å². The number of carbonyl (C=O) groups is 1. The molecule has 0 radical (unpaired) electrons. The van der Waals surface area contributed by atoms with Crippen molar-refractivity contribution in [3.63, 3.8) is 0 Å². The molecule has 3 atom stereocenters. The Morgan fingerprint density at radius 2 is 2.15 bits per heavy atom. The summed E-state index contributed by atoms with van der Waals surface area (Å²) in [5.74, 6) is 2.88. The molecule has 13 heavy (non-hydrogen) atoms. The maximum atomic E-state index is 10.7. The van der Waals surface area contributed by atoms with Gasteiger partial charge in [0.15, 0.2) is 0 Å². The molecule has 1 N–H and O–H groups in total. The van der Waals surface area contributed by atoms with Crippen LogP contribution in [0.15, 0.2) is 0 Å². The van der Waals surface area contributed by atoms with E-state index in [1.54, 1.807) is 6.92 Å². The zero-order valence-electron chi connectivity index (χ0n) is 8.38. The largest absolute Gasteiger partial charge is 0.356 e. The Bertz CT molecular complexity index is 202. The molecule has 0 spiro atoms. The van der Waals surface area contributed by atoms with E-state index >= 15 is 0 Å². The van der Waals surface area contributed by atoms with Crippen molar-refractivity contribution in [1.29, 1.82) is 0 Å². The van der Waals surface area contributed by atoms with Gasteiger partial charge in [0.1, 0.15) is 0 Å². The van der Waals surface area contributed by atoms with Crippen LogP contribution in [-0.4, -0.2) is 12.5 Å². The van der Waals surface area contributed by atoms with Gasteiger partial charge in [0.05, 0.1) is 0 Å². The van der Waals surface area contributed by atoms with E-state index in [2.05, 4.69) is 5.32 Å². The van der Waals surface area contributed by atoms with Crippen LogP contribution in [0.1, 0.15) is 39.0 Å². The Balaban J connectivity index is 1.74. The van der Waals surface area contributed by atoms with Gasteiger partial charge in [0.2, 0.25) is 5.91 Å². The van der Waals surface area contributed by atoms with Crippen LogP contribution in [-0.2, 0) is 4.79 Å². The Kier molecular flexibility index (Phi) is 2.56. The molecule has 0 aromatic rings. The summed E-state index contributed by atoms with van der Waals surface area (Å²) in [7, 11) is 0. The van der Waals surface area contributed by atoms with Crippen LogP contribution in [0.3, 0.4) is 0 Å². The topological polar surface area (TPSA) is 29.1 Å². The monoisotopic (exact) mass is 181 g/mol. The normalized spacial score (nSPS) is 37.5. The lowest BCUT2D eigenvalue weighted by Gasteiger charge is -2.48. The van der Waals surface area contributed by atoms with Gasteiger partial charge in [-0.2, -0.15) is 0 Å². The summed E-state index contributed by atoms with van der Waals surface area (Å²) in [6, 6.07) is 0. The molecular formula is C11H19NO. The predicted octanol–water partition coefficient (Wildman–Crippen LogP) is 1.95. The number of hydrogen-bond acceptors (Lipinski definition) is 1. The summed E-state index contributed by atoms with van der Waals surface area (Å²) in [5, 5.41) is 2.94. The van der Waals surface area contributed by atoms with E-state index in [0.29, 0.717) is 0 Å². The summed E-state index contributed by atoms with van der Waals surface area (Å²) in [6.45, 7) is 2.54. The molecule has 2 aliphatic carbocycles. The van der Waals surface area contributed by atoms with Crippen molar-refractivity contribution in [3.8, 4) is 0 Å². The van der Waals surface area contributed by atoms with Crippen LogP contribution in [0.4, 0.5) is 0 Å². The number of nitrogens with one attached hydrogen (secondary N) is 1. The molecule has 2 nitrogen and oxygen atoms in total. The Labute approximate surface area is 80.1 Å². The smallest absolute Gasteiger partial charge is 0.216 e. The first-order valence-corrected chi connectivity index (χ1v) is 5.52. The van der Waals surface area contributed by atoms with E-state index in [-0.39, 0.29) is 5.91 Å². The van der Waals surface area contributed by atoms with Gasteiger partial charge >= 0.3 is 0 Å². The molecule has 2 aliphatic rings. The summed E-state index contributed by atoms with van der Waals surface area (Å²) in [6.07, 6.45) is 7.08.